The van der Waals surface area contributed by atoms with Crippen LogP contribution in [0.25, 0.3) is 0 Å². The molecule has 19 heavy (non-hydrogen) atoms. The van der Waals surface area contributed by atoms with Crippen LogP contribution in [0.15, 0.2) is 35.7 Å². The Bertz CT molecular complexity index is 551. The number of methoxy groups -OCH3 is 1. The van der Waals surface area contributed by atoms with Crippen LogP contribution in [0.5, 0.6) is 5.75 Å². The van der Waals surface area contributed by atoms with Gasteiger partial charge in [-0.05, 0) is 42.3 Å². The number of nitrogens with one attached hydrogen (secondary N) is 1. The maximum Gasteiger partial charge on any atom is 0.165 e. The molecule has 0 bridgehead atoms. The summed E-state index contributed by atoms with van der Waals surface area (Å²) in [6, 6.07) is 9.48. The lowest BCUT2D eigenvalue weighted by atomic mass is 10.1. The van der Waals surface area contributed by atoms with Gasteiger partial charge in [0.25, 0.3) is 0 Å². The number of thiophene rings is 1. The second-order valence-electron chi connectivity index (χ2n) is 4.82. The first-order valence-corrected chi connectivity index (χ1v) is 7.29. The largest absolute Gasteiger partial charge is 0.494 e. The van der Waals surface area contributed by atoms with Gasteiger partial charge in [0.15, 0.2) is 11.6 Å². The van der Waals surface area contributed by atoms with Crippen molar-refractivity contribution in [3.63, 3.8) is 0 Å². The van der Waals surface area contributed by atoms with Crippen LogP contribution >= 0.6 is 11.3 Å². The van der Waals surface area contributed by atoms with Crippen LogP contribution in [0, 0.1) is 11.7 Å². The van der Waals surface area contributed by atoms with Crippen molar-refractivity contribution in [1.29, 1.82) is 0 Å². The van der Waals surface area contributed by atoms with Gasteiger partial charge in [-0.15, -0.1) is 11.3 Å². The molecule has 1 aliphatic rings. The molecule has 2 aromatic rings. The molecular formula is C15H16FNOS. The third-order valence-corrected chi connectivity index (χ3v) is 4.37. The first-order chi connectivity index (χ1) is 9.28. The molecule has 0 radical (unpaired) electrons. The smallest absolute Gasteiger partial charge is 0.165 e. The molecule has 1 aromatic carbocycles. The van der Waals surface area contributed by atoms with E-state index in [0.29, 0.717) is 12.0 Å². The number of ether oxygens (including phenoxy) is 1. The lowest BCUT2D eigenvalue weighted by molar-refractivity contribution is 0.386. The molecule has 0 saturated heterocycles. The minimum Gasteiger partial charge on any atom is -0.494 e. The number of benzene rings is 1. The molecule has 1 saturated carbocycles. The first-order valence-electron chi connectivity index (χ1n) is 6.41. The highest BCUT2D eigenvalue weighted by atomic mass is 32.1. The Balaban J connectivity index is 1.82. The molecule has 1 atom stereocenters. The molecule has 1 unspecified atom stereocenters. The maximum atomic E-state index is 13.4. The molecule has 4 heteroatoms. The minimum atomic E-state index is -0.327. The van der Waals surface area contributed by atoms with Crippen LogP contribution in [-0.2, 0) is 0 Å². The quantitative estimate of drug-likeness (QED) is 0.871. The van der Waals surface area contributed by atoms with E-state index in [1.807, 2.05) is 0 Å². The Morgan fingerprint density at radius 3 is 2.84 bits per heavy atom. The Kier molecular flexibility index (Phi) is 3.42. The van der Waals surface area contributed by atoms with E-state index in [1.165, 1.54) is 30.9 Å². The summed E-state index contributed by atoms with van der Waals surface area (Å²) in [5, 5.41) is 5.60. The number of anilines is 1. The van der Waals surface area contributed by atoms with E-state index in [9.17, 15) is 4.39 Å². The molecule has 0 aliphatic heterocycles. The molecule has 0 amide bonds. The van der Waals surface area contributed by atoms with Gasteiger partial charge in [-0.3, -0.25) is 0 Å². The Morgan fingerprint density at radius 2 is 2.21 bits per heavy atom. The summed E-state index contributed by atoms with van der Waals surface area (Å²) >= 11 is 1.76. The van der Waals surface area contributed by atoms with Crippen LogP contribution in [0.2, 0.25) is 0 Å². The second kappa shape index (κ2) is 5.21. The second-order valence-corrected chi connectivity index (χ2v) is 5.80. The van der Waals surface area contributed by atoms with Gasteiger partial charge in [-0.1, -0.05) is 6.07 Å². The van der Waals surface area contributed by atoms with Gasteiger partial charge >= 0.3 is 0 Å². The standard InChI is InChI=1S/C15H16FNOS/c1-18-13-9-11(6-7-12(13)16)17-15(10-4-5-10)14-3-2-8-19-14/h2-3,6-10,15,17H,4-5H2,1H3. The van der Waals surface area contributed by atoms with Gasteiger partial charge in [0.05, 0.1) is 13.2 Å². The molecule has 0 spiro atoms. The lowest BCUT2D eigenvalue weighted by Gasteiger charge is -2.18. The van der Waals surface area contributed by atoms with Gasteiger partial charge < -0.3 is 10.1 Å². The summed E-state index contributed by atoms with van der Waals surface area (Å²) in [5.41, 5.74) is 0.906. The monoisotopic (exact) mass is 277 g/mol. The van der Waals surface area contributed by atoms with E-state index in [1.54, 1.807) is 23.5 Å². The summed E-state index contributed by atoms with van der Waals surface area (Å²) in [6.45, 7) is 0. The Labute approximate surface area is 116 Å². The number of hydrogen-bond donors (Lipinski definition) is 1. The molecule has 1 fully saturated rings. The summed E-state index contributed by atoms with van der Waals surface area (Å²) < 4.78 is 18.4. The highest BCUT2D eigenvalue weighted by molar-refractivity contribution is 7.10. The number of hydrogen-bond acceptors (Lipinski definition) is 3. The van der Waals surface area contributed by atoms with Crippen LogP contribution in [0.4, 0.5) is 10.1 Å². The third kappa shape index (κ3) is 2.73. The molecule has 1 aliphatic carbocycles. The number of rotatable bonds is 5. The molecule has 3 rings (SSSR count). The van der Waals surface area contributed by atoms with Crippen molar-refractivity contribution in [3.05, 3.63) is 46.4 Å². The predicted octanol–water partition coefficient (Wildman–Crippen LogP) is 4.46. The Hall–Kier alpha value is -1.55. The highest BCUT2D eigenvalue weighted by Crippen LogP contribution is 2.44. The molecule has 1 N–H and O–H groups in total. The van der Waals surface area contributed by atoms with Gasteiger partial charge in [0.1, 0.15) is 0 Å². The third-order valence-electron chi connectivity index (χ3n) is 3.42. The van der Waals surface area contributed by atoms with Gasteiger partial charge in [0.2, 0.25) is 0 Å². The molecule has 100 valence electrons. The van der Waals surface area contributed by atoms with E-state index >= 15 is 0 Å². The maximum absolute atomic E-state index is 13.4. The lowest BCUT2D eigenvalue weighted by Crippen LogP contribution is -2.11. The van der Waals surface area contributed by atoms with E-state index in [2.05, 4.69) is 22.8 Å². The molecular weight excluding hydrogens is 261 g/mol. The van der Waals surface area contributed by atoms with Crippen molar-refractivity contribution in [3.8, 4) is 5.75 Å². The molecule has 1 aromatic heterocycles. The summed E-state index contributed by atoms with van der Waals surface area (Å²) in [7, 11) is 1.49. The molecule has 2 nitrogen and oxygen atoms in total. The van der Waals surface area contributed by atoms with Crippen LogP contribution < -0.4 is 10.1 Å². The summed E-state index contributed by atoms with van der Waals surface area (Å²) in [5.74, 6) is 0.646. The van der Waals surface area contributed by atoms with Gasteiger partial charge in [0, 0.05) is 16.6 Å². The predicted molar refractivity (Wildman–Crippen MR) is 76.4 cm³/mol. The van der Waals surface area contributed by atoms with Crippen molar-refractivity contribution in [2.75, 3.05) is 12.4 Å². The normalized spacial score (nSPS) is 16.1. The van der Waals surface area contributed by atoms with E-state index < -0.39 is 0 Å². The zero-order valence-electron chi connectivity index (χ0n) is 10.7. The summed E-state index contributed by atoms with van der Waals surface area (Å²) in [6.07, 6.45) is 2.52. The van der Waals surface area contributed by atoms with Crippen LogP contribution in [0.1, 0.15) is 23.8 Å². The topological polar surface area (TPSA) is 21.3 Å². The van der Waals surface area contributed by atoms with Crippen molar-refractivity contribution >= 4 is 17.0 Å². The van der Waals surface area contributed by atoms with Crippen molar-refractivity contribution < 1.29 is 9.13 Å². The highest BCUT2D eigenvalue weighted by Gasteiger charge is 2.33. The fraction of sp³-hybridized carbons (Fsp3) is 0.333. The fourth-order valence-corrected chi connectivity index (χ4v) is 3.12. The van der Waals surface area contributed by atoms with Crippen LogP contribution in [0.3, 0.4) is 0 Å². The van der Waals surface area contributed by atoms with Crippen LogP contribution in [-0.4, -0.2) is 7.11 Å². The SMILES string of the molecule is COc1cc(NC(c2cccs2)C2CC2)ccc1F. The minimum absolute atomic E-state index is 0.283. The first kappa shape index (κ1) is 12.5. The number of halogens is 1. The van der Waals surface area contributed by atoms with Crippen molar-refractivity contribution in [2.24, 2.45) is 5.92 Å². The zero-order chi connectivity index (χ0) is 13.2. The average molecular weight is 277 g/mol. The van der Waals surface area contributed by atoms with E-state index in [0.717, 1.165) is 5.69 Å². The Morgan fingerprint density at radius 1 is 1.37 bits per heavy atom. The van der Waals surface area contributed by atoms with E-state index in [4.69, 9.17) is 4.74 Å². The summed E-state index contributed by atoms with van der Waals surface area (Å²) in [4.78, 5) is 1.34. The van der Waals surface area contributed by atoms with Gasteiger partial charge in [-0.25, -0.2) is 4.39 Å². The average Bonchev–Trinajstić information content (AvgIpc) is 3.12. The van der Waals surface area contributed by atoms with Crippen molar-refractivity contribution in [2.45, 2.75) is 18.9 Å². The van der Waals surface area contributed by atoms with E-state index in [-0.39, 0.29) is 11.6 Å². The van der Waals surface area contributed by atoms with Crippen molar-refractivity contribution in [1.82, 2.24) is 0 Å². The fourth-order valence-electron chi connectivity index (χ4n) is 2.25. The zero-order valence-corrected chi connectivity index (χ0v) is 11.5. The van der Waals surface area contributed by atoms with Gasteiger partial charge in [-0.2, -0.15) is 0 Å². The molecule has 1 heterocycles.